The standard InChI is InChI=1S/C12H11N5O4S/c18-7-4-6(14-11(21)16-7)9(19)17-12-15-5-2-1-3-13-10(20)8(5)22-12/h4H,1-3H2,(H,13,20)(H,15,17,19)(H2,14,16,18,21). The third-order valence-corrected chi connectivity index (χ3v) is 4.02. The Morgan fingerprint density at radius 3 is 2.86 bits per heavy atom. The summed E-state index contributed by atoms with van der Waals surface area (Å²) in [5.41, 5.74) is -0.992. The third kappa shape index (κ3) is 2.81. The minimum atomic E-state index is -0.771. The summed E-state index contributed by atoms with van der Waals surface area (Å²) in [6.07, 6.45) is 1.42. The SMILES string of the molecule is O=C(Nc1nc2c(s1)C(=O)NCCC2)c1cc(=O)[nH]c(=O)[nH]1. The lowest BCUT2D eigenvalue weighted by atomic mass is 10.2. The fraction of sp³-hybridized carbons (Fsp3) is 0.250. The first-order valence-electron chi connectivity index (χ1n) is 6.46. The largest absolute Gasteiger partial charge is 0.351 e. The molecule has 22 heavy (non-hydrogen) atoms. The maximum absolute atomic E-state index is 12.0. The Morgan fingerprint density at radius 2 is 2.09 bits per heavy atom. The van der Waals surface area contributed by atoms with E-state index in [9.17, 15) is 19.2 Å². The number of carbonyl (C=O) groups is 2. The molecule has 1 aliphatic heterocycles. The number of aromatic amines is 2. The van der Waals surface area contributed by atoms with Crippen LogP contribution in [0.4, 0.5) is 5.13 Å². The summed E-state index contributed by atoms with van der Waals surface area (Å²) in [6.45, 7) is 0.595. The number of hydrogen-bond donors (Lipinski definition) is 4. The molecule has 0 unspecified atom stereocenters. The van der Waals surface area contributed by atoms with E-state index in [4.69, 9.17) is 0 Å². The van der Waals surface area contributed by atoms with E-state index in [1.807, 2.05) is 4.98 Å². The predicted molar refractivity (Wildman–Crippen MR) is 78.4 cm³/mol. The van der Waals surface area contributed by atoms with Gasteiger partial charge < -0.3 is 10.3 Å². The zero-order valence-electron chi connectivity index (χ0n) is 11.2. The van der Waals surface area contributed by atoms with Gasteiger partial charge in [0, 0.05) is 12.6 Å². The fourth-order valence-corrected chi connectivity index (χ4v) is 2.97. The predicted octanol–water partition coefficient (Wildman–Crippen LogP) is -0.552. The summed E-state index contributed by atoms with van der Waals surface area (Å²) in [5.74, 6) is -0.887. The van der Waals surface area contributed by atoms with E-state index in [2.05, 4.69) is 20.6 Å². The van der Waals surface area contributed by atoms with Crippen molar-refractivity contribution in [2.75, 3.05) is 11.9 Å². The maximum Gasteiger partial charge on any atom is 0.326 e. The molecule has 10 heteroatoms. The number of rotatable bonds is 2. The molecule has 4 N–H and O–H groups in total. The highest BCUT2D eigenvalue weighted by Gasteiger charge is 2.21. The average molecular weight is 321 g/mol. The van der Waals surface area contributed by atoms with Crippen molar-refractivity contribution in [2.24, 2.45) is 0 Å². The van der Waals surface area contributed by atoms with Crippen LogP contribution in [0.5, 0.6) is 0 Å². The number of aryl methyl sites for hydroxylation is 1. The quantitative estimate of drug-likeness (QED) is 0.588. The second kappa shape index (κ2) is 5.56. The molecule has 0 saturated carbocycles. The number of aromatic nitrogens is 3. The van der Waals surface area contributed by atoms with Gasteiger partial charge >= 0.3 is 5.69 Å². The van der Waals surface area contributed by atoms with Gasteiger partial charge in [-0.3, -0.25) is 24.7 Å². The first kappa shape index (κ1) is 14.2. The smallest absolute Gasteiger partial charge is 0.326 e. The molecule has 0 radical (unpaired) electrons. The molecule has 9 nitrogen and oxygen atoms in total. The van der Waals surface area contributed by atoms with Crippen molar-refractivity contribution < 1.29 is 9.59 Å². The molecular formula is C12H11N5O4S. The van der Waals surface area contributed by atoms with E-state index in [1.54, 1.807) is 0 Å². The maximum atomic E-state index is 12.0. The molecule has 0 aromatic carbocycles. The van der Waals surface area contributed by atoms with Crippen LogP contribution in [0.1, 0.15) is 32.3 Å². The highest BCUT2D eigenvalue weighted by molar-refractivity contribution is 7.17. The molecule has 114 valence electrons. The van der Waals surface area contributed by atoms with Crippen molar-refractivity contribution in [3.05, 3.63) is 43.2 Å². The molecule has 0 bridgehead atoms. The summed E-state index contributed by atoms with van der Waals surface area (Å²) >= 11 is 1.06. The average Bonchev–Trinajstić information content (AvgIpc) is 2.77. The summed E-state index contributed by atoms with van der Waals surface area (Å²) in [4.78, 5) is 55.0. The number of thiazole rings is 1. The van der Waals surface area contributed by atoms with Crippen molar-refractivity contribution in [3.63, 3.8) is 0 Å². The second-order valence-corrected chi connectivity index (χ2v) is 5.61. The van der Waals surface area contributed by atoms with Crippen LogP contribution in [0.25, 0.3) is 0 Å². The van der Waals surface area contributed by atoms with Gasteiger partial charge in [0.15, 0.2) is 5.13 Å². The lowest BCUT2D eigenvalue weighted by molar-refractivity contribution is 0.0958. The minimum absolute atomic E-state index is 0.177. The van der Waals surface area contributed by atoms with Crippen LogP contribution >= 0.6 is 11.3 Å². The number of H-pyrrole nitrogens is 2. The van der Waals surface area contributed by atoms with Crippen LogP contribution in [0.2, 0.25) is 0 Å². The number of nitrogens with zero attached hydrogens (tertiary/aromatic N) is 1. The van der Waals surface area contributed by atoms with Gasteiger partial charge in [-0.05, 0) is 12.8 Å². The van der Waals surface area contributed by atoms with Crippen LogP contribution in [0.3, 0.4) is 0 Å². The Balaban J connectivity index is 1.86. The summed E-state index contributed by atoms with van der Waals surface area (Å²) in [5, 5.41) is 5.46. The number of carbonyl (C=O) groups excluding carboxylic acids is 2. The van der Waals surface area contributed by atoms with Gasteiger partial charge in [0.1, 0.15) is 10.6 Å². The summed E-state index contributed by atoms with van der Waals surface area (Å²) < 4.78 is 0. The fourth-order valence-electron chi connectivity index (χ4n) is 2.05. The number of nitrogens with one attached hydrogen (secondary N) is 4. The molecule has 0 fully saturated rings. The lowest BCUT2D eigenvalue weighted by Crippen LogP contribution is -2.27. The lowest BCUT2D eigenvalue weighted by Gasteiger charge is -2.01. The van der Waals surface area contributed by atoms with E-state index in [0.717, 1.165) is 23.8 Å². The summed E-state index contributed by atoms with van der Waals surface area (Å²) in [6, 6.07) is 0.974. The monoisotopic (exact) mass is 321 g/mol. The molecule has 2 aromatic heterocycles. The highest BCUT2D eigenvalue weighted by Crippen LogP contribution is 2.25. The Hall–Kier alpha value is -2.75. The molecule has 1 aliphatic rings. The van der Waals surface area contributed by atoms with Gasteiger partial charge in [-0.1, -0.05) is 11.3 Å². The Labute approximate surface area is 126 Å². The molecule has 0 spiro atoms. The molecule has 3 rings (SSSR count). The molecule has 0 saturated heterocycles. The Kier molecular flexibility index (Phi) is 3.59. The Bertz CT molecular complexity index is 837. The number of hydrogen-bond acceptors (Lipinski definition) is 6. The van der Waals surface area contributed by atoms with Gasteiger partial charge in [-0.2, -0.15) is 0 Å². The molecule has 2 amide bonds. The van der Waals surface area contributed by atoms with E-state index >= 15 is 0 Å². The normalized spacial score (nSPS) is 13.9. The molecule has 3 heterocycles. The van der Waals surface area contributed by atoms with Crippen LogP contribution in [-0.4, -0.2) is 33.3 Å². The minimum Gasteiger partial charge on any atom is -0.351 e. The van der Waals surface area contributed by atoms with Crippen LogP contribution in [0, 0.1) is 0 Å². The zero-order valence-corrected chi connectivity index (χ0v) is 12.0. The third-order valence-electron chi connectivity index (χ3n) is 3.00. The van der Waals surface area contributed by atoms with Crippen molar-refractivity contribution >= 4 is 28.3 Å². The van der Waals surface area contributed by atoms with E-state index in [0.29, 0.717) is 23.5 Å². The second-order valence-electron chi connectivity index (χ2n) is 4.61. The first-order chi connectivity index (χ1) is 10.5. The summed E-state index contributed by atoms with van der Waals surface area (Å²) in [7, 11) is 0. The van der Waals surface area contributed by atoms with Gasteiger partial charge in [0.25, 0.3) is 17.4 Å². The van der Waals surface area contributed by atoms with E-state index < -0.39 is 17.2 Å². The van der Waals surface area contributed by atoms with Crippen LogP contribution in [-0.2, 0) is 6.42 Å². The van der Waals surface area contributed by atoms with Gasteiger partial charge in [0.05, 0.1) is 5.69 Å². The van der Waals surface area contributed by atoms with Gasteiger partial charge in [-0.25, -0.2) is 9.78 Å². The van der Waals surface area contributed by atoms with E-state index in [1.165, 1.54) is 0 Å². The van der Waals surface area contributed by atoms with Gasteiger partial charge in [-0.15, -0.1) is 0 Å². The first-order valence-corrected chi connectivity index (χ1v) is 7.27. The van der Waals surface area contributed by atoms with Crippen molar-refractivity contribution in [1.82, 2.24) is 20.3 Å². The molecule has 0 aliphatic carbocycles. The van der Waals surface area contributed by atoms with Crippen molar-refractivity contribution in [2.45, 2.75) is 12.8 Å². The highest BCUT2D eigenvalue weighted by atomic mass is 32.1. The van der Waals surface area contributed by atoms with E-state index in [-0.39, 0.29) is 16.7 Å². The van der Waals surface area contributed by atoms with Crippen molar-refractivity contribution in [1.29, 1.82) is 0 Å². The molecular weight excluding hydrogens is 310 g/mol. The number of anilines is 1. The molecule has 2 aromatic rings. The van der Waals surface area contributed by atoms with Crippen LogP contribution in [0.15, 0.2) is 15.7 Å². The molecule has 0 atom stereocenters. The van der Waals surface area contributed by atoms with Crippen LogP contribution < -0.4 is 21.9 Å². The Morgan fingerprint density at radius 1 is 1.27 bits per heavy atom. The number of amides is 2. The zero-order chi connectivity index (χ0) is 15.7. The van der Waals surface area contributed by atoms with Gasteiger partial charge in [0.2, 0.25) is 0 Å². The number of fused-ring (bicyclic) bond motifs is 1. The van der Waals surface area contributed by atoms with Crippen molar-refractivity contribution in [3.8, 4) is 0 Å². The topological polar surface area (TPSA) is 137 Å².